The van der Waals surface area contributed by atoms with Crippen molar-refractivity contribution < 1.29 is 18.0 Å². The van der Waals surface area contributed by atoms with Crippen molar-refractivity contribution in [3.8, 4) is 0 Å². The maximum absolute atomic E-state index is 13.0. The molecule has 2 rings (SSSR count). The number of benzene rings is 2. The molecular formula is C22H28ClN3O4S. The van der Waals surface area contributed by atoms with Gasteiger partial charge in [-0.1, -0.05) is 41.9 Å². The summed E-state index contributed by atoms with van der Waals surface area (Å²) in [7, 11) is -2.00. The van der Waals surface area contributed by atoms with E-state index >= 15 is 0 Å². The van der Waals surface area contributed by atoms with Crippen molar-refractivity contribution in [3.63, 3.8) is 0 Å². The van der Waals surface area contributed by atoms with Crippen LogP contribution in [0.15, 0.2) is 54.6 Å². The molecule has 0 saturated carbocycles. The Labute approximate surface area is 189 Å². The average Bonchev–Trinajstić information content (AvgIpc) is 2.74. The van der Waals surface area contributed by atoms with Gasteiger partial charge in [0.1, 0.15) is 6.04 Å². The Bertz CT molecular complexity index is 982. The SMILES string of the molecule is CNC(=O)[C@@H](C)N(Cc1ccccc1)C(=O)CCCN(c1ccc(Cl)cc1)S(C)(=O)=O. The van der Waals surface area contributed by atoms with Crippen molar-refractivity contribution >= 4 is 39.1 Å². The number of rotatable bonds is 10. The smallest absolute Gasteiger partial charge is 0.242 e. The molecule has 0 aliphatic heterocycles. The molecule has 0 saturated heterocycles. The molecule has 2 aromatic rings. The summed E-state index contributed by atoms with van der Waals surface area (Å²) in [5, 5.41) is 3.08. The molecule has 7 nitrogen and oxygen atoms in total. The molecule has 0 aliphatic rings. The van der Waals surface area contributed by atoms with Gasteiger partial charge in [0, 0.05) is 31.6 Å². The molecule has 0 aliphatic carbocycles. The minimum atomic E-state index is -3.53. The van der Waals surface area contributed by atoms with Gasteiger partial charge in [0.15, 0.2) is 0 Å². The van der Waals surface area contributed by atoms with Crippen LogP contribution in [0.5, 0.6) is 0 Å². The highest BCUT2D eigenvalue weighted by atomic mass is 35.5. The number of hydrogen-bond acceptors (Lipinski definition) is 4. The molecule has 0 heterocycles. The first-order chi connectivity index (χ1) is 14.6. The molecular weight excluding hydrogens is 438 g/mol. The fourth-order valence-corrected chi connectivity index (χ4v) is 4.27. The third-order valence-corrected chi connectivity index (χ3v) is 6.32. The quantitative estimate of drug-likeness (QED) is 0.584. The molecule has 0 bridgehead atoms. The lowest BCUT2D eigenvalue weighted by molar-refractivity contribution is -0.140. The van der Waals surface area contributed by atoms with E-state index in [0.29, 0.717) is 23.7 Å². The lowest BCUT2D eigenvalue weighted by Crippen LogP contribution is -2.46. The van der Waals surface area contributed by atoms with E-state index in [1.807, 2.05) is 30.3 Å². The Morgan fingerprint density at radius 3 is 2.23 bits per heavy atom. The number of sulfonamides is 1. The predicted octanol–water partition coefficient (Wildman–Crippen LogP) is 3.05. The van der Waals surface area contributed by atoms with Crippen molar-refractivity contribution in [3.05, 3.63) is 65.2 Å². The summed E-state index contributed by atoms with van der Waals surface area (Å²) in [6.07, 6.45) is 1.53. The first kappa shape index (κ1) is 24.7. The van der Waals surface area contributed by atoms with E-state index in [2.05, 4.69) is 5.32 Å². The highest BCUT2D eigenvalue weighted by Gasteiger charge is 2.26. The highest BCUT2D eigenvalue weighted by Crippen LogP contribution is 2.21. The molecule has 2 amide bonds. The van der Waals surface area contributed by atoms with Gasteiger partial charge < -0.3 is 10.2 Å². The van der Waals surface area contributed by atoms with Gasteiger partial charge in [-0.15, -0.1) is 0 Å². The van der Waals surface area contributed by atoms with Gasteiger partial charge in [-0.2, -0.15) is 0 Å². The van der Waals surface area contributed by atoms with E-state index in [9.17, 15) is 18.0 Å². The van der Waals surface area contributed by atoms with Gasteiger partial charge in [0.25, 0.3) is 0 Å². The van der Waals surface area contributed by atoms with E-state index in [0.717, 1.165) is 11.8 Å². The summed E-state index contributed by atoms with van der Waals surface area (Å²) < 4.78 is 25.7. The van der Waals surface area contributed by atoms with Crippen LogP contribution in [0.2, 0.25) is 5.02 Å². The summed E-state index contributed by atoms with van der Waals surface area (Å²) in [6, 6.07) is 15.2. The van der Waals surface area contributed by atoms with E-state index < -0.39 is 16.1 Å². The molecule has 0 unspecified atom stereocenters. The molecule has 168 valence electrons. The number of carbonyl (C=O) groups is 2. The molecule has 0 radical (unpaired) electrons. The van der Waals surface area contributed by atoms with E-state index in [1.165, 1.54) is 16.3 Å². The monoisotopic (exact) mass is 465 g/mol. The predicted molar refractivity (Wildman–Crippen MR) is 123 cm³/mol. The van der Waals surface area contributed by atoms with Crippen LogP contribution in [0.25, 0.3) is 0 Å². The zero-order chi connectivity index (χ0) is 23.0. The van der Waals surface area contributed by atoms with E-state index in [1.54, 1.807) is 31.2 Å². The second kappa shape index (κ2) is 11.2. The maximum atomic E-state index is 13.0. The Morgan fingerprint density at radius 2 is 1.68 bits per heavy atom. The molecule has 0 fully saturated rings. The van der Waals surface area contributed by atoms with E-state index in [-0.39, 0.29) is 24.8 Å². The van der Waals surface area contributed by atoms with Gasteiger partial charge in [-0.05, 0) is 43.2 Å². The third-order valence-electron chi connectivity index (χ3n) is 4.88. The number of nitrogens with zero attached hydrogens (tertiary/aromatic N) is 2. The van der Waals surface area contributed by atoms with Crippen LogP contribution in [0.1, 0.15) is 25.3 Å². The minimum Gasteiger partial charge on any atom is -0.357 e. The Balaban J connectivity index is 2.11. The van der Waals surface area contributed by atoms with Gasteiger partial charge >= 0.3 is 0 Å². The van der Waals surface area contributed by atoms with Crippen molar-refractivity contribution in [2.45, 2.75) is 32.4 Å². The Kier molecular flexibility index (Phi) is 8.88. The molecule has 1 atom stereocenters. The van der Waals surface area contributed by atoms with Gasteiger partial charge in [-0.25, -0.2) is 8.42 Å². The number of nitrogens with one attached hydrogen (secondary N) is 1. The first-order valence-electron chi connectivity index (χ1n) is 9.91. The molecule has 31 heavy (non-hydrogen) atoms. The van der Waals surface area contributed by atoms with E-state index in [4.69, 9.17) is 11.6 Å². The summed E-state index contributed by atoms with van der Waals surface area (Å²) in [6.45, 7) is 2.11. The van der Waals surface area contributed by atoms with Crippen LogP contribution in [-0.2, 0) is 26.2 Å². The van der Waals surface area contributed by atoms with Crippen molar-refractivity contribution in [2.24, 2.45) is 0 Å². The summed E-state index contributed by atoms with van der Waals surface area (Å²) in [5.74, 6) is -0.479. The standard InChI is InChI=1S/C22H28ClN3O4S/c1-17(22(28)24-2)25(16-18-8-5-4-6-9-18)21(27)10-7-15-26(31(3,29)30)20-13-11-19(23)12-14-20/h4-6,8-9,11-14,17H,7,10,15-16H2,1-3H3,(H,24,28)/t17-/m1/s1. The fraction of sp³-hybridized carbons (Fsp3) is 0.364. The number of hydrogen-bond donors (Lipinski definition) is 1. The van der Waals surface area contributed by atoms with Crippen LogP contribution in [-0.4, -0.2) is 51.0 Å². The average molecular weight is 466 g/mol. The topological polar surface area (TPSA) is 86.8 Å². The summed E-state index contributed by atoms with van der Waals surface area (Å²) in [4.78, 5) is 26.7. The summed E-state index contributed by atoms with van der Waals surface area (Å²) in [5.41, 5.74) is 1.39. The first-order valence-corrected chi connectivity index (χ1v) is 12.1. The fourth-order valence-electron chi connectivity index (χ4n) is 3.18. The van der Waals surface area contributed by atoms with Crippen molar-refractivity contribution in [1.29, 1.82) is 0 Å². The second-order valence-electron chi connectivity index (χ2n) is 7.21. The van der Waals surface area contributed by atoms with Crippen molar-refractivity contribution in [2.75, 3.05) is 24.2 Å². The lowest BCUT2D eigenvalue weighted by atomic mass is 10.1. The Morgan fingerprint density at radius 1 is 1.06 bits per heavy atom. The molecule has 2 aromatic carbocycles. The molecule has 9 heteroatoms. The number of amides is 2. The number of likely N-dealkylation sites (N-methyl/N-ethyl adjacent to an activating group) is 1. The van der Waals surface area contributed by atoms with Crippen LogP contribution in [0.3, 0.4) is 0 Å². The minimum absolute atomic E-state index is 0.105. The van der Waals surface area contributed by atoms with Crippen molar-refractivity contribution in [1.82, 2.24) is 10.2 Å². The third kappa shape index (κ3) is 7.25. The van der Waals surface area contributed by atoms with Crippen LogP contribution in [0, 0.1) is 0 Å². The summed E-state index contributed by atoms with van der Waals surface area (Å²) >= 11 is 5.89. The maximum Gasteiger partial charge on any atom is 0.242 e. The van der Waals surface area contributed by atoms with Crippen LogP contribution < -0.4 is 9.62 Å². The van der Waals surface area contributed by atoms with Gasteiger partial charge in [0.2, 0.25) is 21.8 Å². The highest BCUT2D eigenvalue weighted by molar-refractivity contribution is 7.92. The van der Waals surface area contributed by atoms with Gasteiger partial charge in [0.05, 0.1) is 11.9 Å². The molecule has 0 aromatic heterocycles. The normalized spacial score (nSPS) is 12.1. The largest absolute Gasteiger partial charge is 0.357 e. The zero-order valence-corrected chi connectivity index (χ0v) is 19.5. The molecule has 0 spiro atoms. The zero-order valence-electron chi connectivity index (χ0n) is 17.9. The van der Waals surface area contributed by atoms with Crippen LogP contribution in [0.4, 0.5) is 5.69 Å². The second-order valence-corrected chi connectivity index (χ2v) is 9.56. The van der Waals surface area contributed by atoms with Gasteiger partial charge in [-0.3, -0.25) is 13.9 Å². The molecule has 1 N–H and O–H groups in total. The lowest BCUT2D eigenvalue weighted by Gasteiger charge is -2.29. The van der Waals surface area contributed by atoms with Crippen LogP contribution >= 0.6 is 11.6 Å². The number of anilines is 1. The number of carbonyl (C=O) groups excluding carboxylic acids is 2. The Hall–Kier alpha value is -2.58. The number of halogens is 1.